The molecule has 0 fully saturated rings. The summed E-state index contributed by atoms with van der Waals surface area (Å²) in [5.41, 5.74) is 3.77. The van der Waals surface area contributed by atoms with Crippen molar-refractivity contribution in [1.29, 1.82) is 0 Å². The van der Waals surface area contributed by atoms with Crippen molar-refractivity contribution in [2.24, 2.45) is 0 Å². The summed E-state index contributed by atoms with van der Waals surface area (Å²) in [5, 5.41) is 6.31. The van der Waals surface area contributed by atoms with E-state index in [4.69, 9.17) is 9.47 Å². The highest BCUT2D eigenvalue weighted by Gasteiger charge is 2.21. The summed E-state index contributed by atoms with van der Waals surface area (Å²) in [6.45, 7) is 4.99. The number of carbonyl (C=O) groups excluding carboxylic acids is 1. The molecule has 0 saturated heterocycles. The predicted octanol–water partition coefficient (Wildman–Crippen LogP) is 4.66. The number of nitrogens with one attached hydrogen (secondary N) is 2. The number of hydrogen-bond donors (Lipinski definition) is 2. The topological polar surface area (TPSA) is 59.6 Å². The van der Waals surface area contributed by atoms with Crippen LogP contribution in [0, 0.1) is 13.8 Å². The molecule has 2 N–H and O–H groups in total. The van der Waals surface area contributed by atoms with Crippen molar-refractivity contribution < 1.29 is 14.3 Å². The average molecular weight is 405 g/mol. The van der Waals surface area contributed by atoms with Crippen molar-refractivity contribution in [2.75, 3.05) is 25.6 Å². The van der Waals surface area contributed by atoms with E-state index in [2.05, 4.69) is 10.6 Å². The molecule has 5 heteroatoms. The first-order chi connectivity index (χ1) is 14.6. The Morgan fingerprint density at radius 2 is 1.63 bits per heavy atom. The summed E-state index contributed by atoms with van der Waals surface area (Å²) in [7, 11) is 1.59. The van der Waals surface area contributed by atoms with Crippen LogP contribution in [0.3, 0.4) is 0 Å². The Bertz CT molecular complexity index is 956. The van der Waals surface area contributed by atoms with Crippen LogP contribution in [0.15, 0.2) is 72.8 Å². The Balaban J connectivity index is 1.67. The number of rotatable bonds is 9. The summed E-state index contributed by atoms with van der Waals surface area (Å²) in [5.74, 6) is 1.29. The smallest absolute Gasteiger partial charge is 0.246 e. The molecule has 3 aromatic rings. The van der Waals surface area contributed by atoms with Crippen molar-refractivity contribution in [3.05, 3.63) is 89.5 Å². The van der Waals surface area contributed by atoms with E-state index in [0.29, 0.717) is 24.6 Å². The molecule has 3 rings (SSSR count). The second kappa shape index (κ2) is 10.5. The van der Waals surface area contributed by atoms with Gasteiger partial charge in [0.2, 0.25) is 5.91 Å². The molecule has 0 bridgehead atoms. The van der Waals surface area contributed by atoms with Crippen LogP contribution in [0.4, 0.5) is 5.69 Å². The van der Waals surface area contributed by atoms with E-state index >= 15 is 0 Å². The molecule has 3 aromatic carbocycles. The highest BCUT2D eigenvalue weighted by Crippen LogP contribution is 2.26. The Hall–Kier alpha value is -3.31. The maximum Gasteiger partial charge on any atom is 0.246 e. The molecule has 30 heavy (non-hydrogen) atoms. The van der Waals surface area contributed by atoms with Gasteiger partial charge in [0.15, 0.2) is 0 Å². The summed E-state index contributed by atoms with van der Waals surface area (Å²) >= 11 is 0. The van der Waals surface area contributed by atoms with Crippen molar-refractivity contribution in [2.45, 2.75) is 19.9 Å². The molecule has 0 aliphatic rings. The largest absolute Gasteiger partial charge is 0.495 e. The summed E-state index contributed by atoms with van der Waals surface area (Å²) < 4.78 is 11.2. The van der Waals surface area contributed by atoms with Gasteiger partial charge < -0.3 is 14.8 Å². The summed E-state index contributed by atoms with van der Waals surface area (Å²) in [4.78, 5) is 13.1. The normalized spacial score (nSPS) is 11.6. The van der Waals surface area contributed by atoms with Crippen LogP contribution in [0.1, 0.15) is 22.7 Å². The quantitative estimate of drug-likeness (QED) is 0.509. The van der Waals surface area contributed by atoms with Crippen molar-refractivity contribution in [1.82, 2.24) is 5.32 Å². The third kappa shape index (κ3) is 5.84. The maximum absolute atomic E-state index is 13.1. The molecule has 0 aliphatic carbocycles. The Labute approximate surface area is 178 Å². The number of amides is 1. The minimum absolute atomic E-state index is 0.152. The van der Waals surface area contributed by atoms with Crippen LogP contribution in [-0.2, 0) is 4.79 Å². The lowest BCUT2D eigenvalue weighted by molar-refractivity contribution is -0.118. The van der Waals surface area contributed by atoms with Gasteiger partial charge in [-0.1, -0.05) is 54.1 Å². The number of carbonyl (C=O) groups is 1. The number of methoxy groups -OCH3 is 1. The first kappa shape index (κ1) is 21.4. The van der Waals surface area contributed by atoms with Gasteiger partial charge in [-0.2, -0.15) is 0 Å². The molecule has 0 spiro atoms. The fourth-order valence-corrected chi connectivity index (χ4v) is 3.14. The molecule has 0 aromatic heterocycles. The Morgan fingerprint density at radius 1 is 0.933 bits per heavy atom. The van der Waals surface area contributed by atoms with Gasteiger partial charge in [-0.25, -0.2) is 0 Å². The third-order valence-corrected chi connectivity index (χ3v) is 4.75. The molecule has 0 aliphatic heterocycles. The fraction of sp³-hybridized carbons (Fsp3) is 0.240. The van der Waals surface area contributed by atoms with Crippen LogP contribution < -0.4 is 20.1 Å². The van der Waals surface area contributed by atoms with Gasteiger partial charge in [-0.3, -0.25) is 10.1 Å². The second-order valence-corrected chi connectivity index (χ2v) is 7.15. The molecule has 1 atom stereocenters. The molecule has 0 radical (unpaired) electrons. The minimum atomic E-state index is -0.516. The van der Waals surface area contributed by atoms with E-state index in [1.807, 2.05) is 86.6 Å². The van der Waals surface area contributed by atoms with Crippen molar-refractivity contribution in [3.63, 3.8) is 0 Å². The van der Waals surface area contributed by atoms with Crippen LogP contribution >= 0.6 is 0 Å². The van der Waals surface area contributed by atoms with Gasteiger partial charge in [0.05, 0.1) is 12.8 Å². The SMILES string of the molecule is COc1ccc(C)cc1NC(=O)[C@@H](NCCOc1ccc(C)cc1)c1ccccc1. The minimum Gasteiger partial charge on any atom is -0.495 e. The zero-order chi connectivity index (χ0) is 21.3. The third-order valence-electron chi connectivity index (χ3n) is 4.75. The van der Waals surface area contributed by atoms with Crippen molar-refractivity contribution >= 4 is 11.6 Å². The fourth-order valence-electron chi connectivity index (χ4n) is 3.14. The van der Waals surface area contributed by atoms with Gasteiger partial charge in [-0.15, -0.1) is 0 Å². The molecule has 1 amide bonds. The van der Waals surface area contributed by atoms with Crippen LogP contribution in [0.25, 0.3) is 0 Å². The van der Waals surface area contributed by atoms with E-state index in [9.17, 15) is 4.79 Å². The molecule has 0 heterocycles. The summed E-state index contributed by atoms with van der Waals surface area (Å²) in [6.07, 6.45) is 0. The first-order valence-corrected chi connectivity index (χ1v) is 10.00. The van der Waals surface area contributed by atoms with E-state index in [1.165, 1.54) is 5.56 Å². The zero-order valence-corrected chi connectivity index (χ0v) is 17.6. The number of aryl methyl sites for hydroxylation is 2. The number of benzene rings is 3. The van der Waals surface area contributed by atoms with Gasteiger partial charge in [-0.05, 0) is 49.2 Å². The van der Waals surface area contributed by atoms with Crippen LogP contribution in [0.2, 0.25) is 0 Å². The Morgan fingerprint density at radius 3 is 2.33 bits per heavy atom. The highest BCUT2D eigenvalue weighted by molar-refractivity contribution is 5.96. The Kier molecular flexibility index (Phi) is 7.46. The lowest BCUT2D eigenvalue weighted by Crippen LogP contribution is -2.35. The van der Waals surface area contributed by atoms with Gasteiger partial charge >= 0.3 is 0 Å². The standard InChI is InChI=1S/C25H28N2O3/c1-18-9-12-21(13-10-18)30-16-15-26-24(20-7-5-4-6-8-20)25(28)27-22-17-19(2)11-14-23(22)29-3/h4-14,17,24,26H,15-16H2,1-3H3,(H,27,28)/t24-/m0/s1. The number of anilines is 1. The molecule has 156 valence electrons. The zero-order valence-electron chi connectivity index (χ0n) is 17.6. The second-order valence-electron chi connectivity index (χ2n) is 7.15. The first-order valence-electron chi connectivity index (χ1n) is 10.00. The molecule has 0 saturated carbocycles. The van der Waals surface area contributed by atoms with Gasteiger partial charge in [0.25, 0.3) is 0 Å². The molecular weight excluding hydrogens is 376 g/mol. The predicted molar refractivity (Wildman–Crippen MR) is 120 cm³/mol. The van der Waals surface area contributed by atoms with Crippen LogP contribution in [-0.4, -0.2) is 26.2 Å². The number of ether oxygens (including phenoxy) is 2. The van der Waals surface area contributed by atoms with E-state index in [-0.39, 0.29) is 5.91 Å². The molecule has 5 nitrogen and oxygen atoms in total. The summed E-state index contributed by atoms with van der Waals surface area (Å²) in [6, 6.07) is 22.8. The van der Waals surface area contributed by atoms with E-state index < -0.39 is 6.04 Å². The van der Waals surface area contributed by atoms with E-state index in [1.54, 1.807) is 7.11 Å². The lowest BCUT2D eigenvalue weighted by Gasteiger charge is -2.20. The number of hydrogen-bond acceptors (Lipinski definition) is 4. The van der Waals surface area contributed by atoms with E-state index in [0.717, 1.165) is 16.9 Å². The maximum atomic E-state index is 13.1. The highest BCUT2D eigenvalue weighted by atomic mass is 16.5. The van der Waals surface area contributed by atoms with Gasteiger partial charge in [0, 0.05) is 6.54 Å². The van der Waals surface area contributed by atoms with Crippen LogP contribution in [0.5, 0.6) is 11.5 Å². The lowest BCUT2D eigenvalue weighted by atomic mass is 10.1. The molecule has 0 unspecified atom stereocenters. The average Bonchev–Trinajstić information content (AvgIpc) is 2.75. The molecular formula is C25H28N2O3. The van der Waals surface area contributed by atoms with Gasteiger partial charge in [0.1, 0.15) is 24.1 Å². The van der Waals surface area contributed by atoms with Crippen molar-refractivity contribution in [3.8, 4) is 11.5 Å². The monoisotopic (exact) mass is 404 g/mol.